The lowest BCUT2D eigenvalue weighted by Crippen LogP contribution is -2.51. The monoisotopic (exact) mass is 329 g/mol. The molecule has 2 aromatic rings. The minimum atomic E-state index is -0.379. The number of aromatic hydroxyl groups is 1. The average Bonchev–Trinajstić information content (AvgIpc) is 3.02. The van der Waals surface area contributed by atoms with Gasteiger partial charge in [0.2, 0.25) is 5.91 Å². The number of hydrogen-bond acceptors (Lipinski definition) is 5. The molecule has 7 nitrogen and oxygen atoms in total. The van der Waals surface area contributed by atoms with Gasteiger partial charge < -0.3 is 20.2 Å². The smallest absolute Gasteiger partial charge is 0.244 e. The Morgan fingerprint density at radius 1 is 1.25 bits per heavy atom. The molecule has 1 saturated heterocycles. The summed E-state index contributed by atoms with van der Waals surface area (Å²) < 4.78 is 1.70. The third-order valence-corrected chi connectivity index (χ3v) is 4.41. The summed E-state index contributed by atoms with van der Waals surface area (Å²) in [6.07, 6.45) is 3.58. The lowest BCUT2D eigenvalue weighted by atomic mass is 10.1. The van der Waals surface area contributed by atoms with Gasteiger partial charge in [0.1, 0.15) is 11.8 Å². The second-order valence-corrected chi connectivity index (χ2v) is 5.97. The van der Waals surface area contributed by atoms with Crippen LogP contribution in [-0.4, -0.2) is 58.9 Å². The zero-order valence-electron chi connectivity index (χ0n) is 14.0. The SMILES string of the molecule is CNC(C(=O)N1CCN(c2ccccc2O)CC1)c1cnn(C)c1. The number of aromatic nitrogens is 2. The van der Waals surface area contributed by atoms with Crippen molar-refractivity contribution in [2.75, 3.05) is 38.1 Å². The van der Waals surface area contributed by atoms with E-state index < -0.39 is 0 Å². The predicted octanol–water partition coefficient (Wildman–Crippen LogP) is 0.735. The second-order valence-electron chi connectivity index (χ2n) is 5.97. The lowest BCUT2D eigenvalue weighted by molar-refractivity contribution is -0.133. The van der Waals surface area contributed by atoms with Crippen LogP contribution in [0.25, 0.3) is 0 Å². The number of nitrogens with one attached hydrogen (secondary N) is 1. The van der Waals surface area contributed by atoms with Gasteiger partial charge in [0.15, 0.2) is 0 Å². The Kier molecular flexibility index (Phi) is 4.71. The fourth-order valence-corrected chi connectivity index (χ4v) is 3.10. The summed E-state index contributed by atoms with van der Waals surface area (Å²) in [6.45, 7) is 2.66. The molecule has 2 heterocycles. The van der Waals surface area contributed by atoms with Crippen LogP contribution in [0.15, 0.2) is 36.7 Å². The van der Waals surface area contributed by atoms with Gasteiger partial charge in [-0.2, -0.15) is 5.10 Å². The van der Waals surface area contributed by atoms with Crippen LogP contribution in [0.4, 0.5) is 5.69 Å². The first kappa shape index (κ1) is 16.3. The topological polar surface area (TPSA) is 73.6 Å². The lowest BCUT2D eigenvalue weighted by Gasteiger charge is -2.37. The standard InChI is InChI=1S/C17H23N5O2/c1-18-16(13-11-19-20(2)12-13)17(24)22-9-7-21(8-10-22)14-5-3-4-6-15(14)23/h3-6,11-12,16,18,23H,7-10H2,1-2H3. The van der Waals surface area contributed by atoms with E-state index in [0.29, 0.717) is 26.2 Å². The minimum absolute atomic E-state index is 0.0578. The average molecular weight is 329 g/mol. The summed E-state index contributed by atoms with van der Waals surface area (Å²) >= 11 is 0. The summed E-state index contributed by atoms with van der Waals surface area (Å²) in [6, 6.07) is 6.93. The van der Waals surface area contributed by atoms with Crippen LogP contribution in [-0.2, 0) is 11.8 Å². The number of piperazine rings is 1. The normalized spacial score (nSPS) is 16.2. The molecule has 1 fully saturated rings. The molecule has 24 heavy (non-hydrogen) atoms. The van der Waals surface area contributed by atoms with Gasteiger partial charge in [-0.15, -0.1) is 0 Å². The molecule has 1 unspecified atom stereocenters. The molecule has 0 spiro atoms. The first-order valence-corrected chi connectivity index (χ1v) is 8.07. The van der Waals surface area contributed by atoms with E-state index in [1.165, 1.54) is 0 Å². The first-order valence-electron chi connectivity index (χ1n) is 8.07. The Morgan fingerprint density at radius 2 is 1.96 bits per heavy atom. The van der Waals surface area contributed by atoms with Gasteiger partial charge in [-0.25, -0.2) is 0 Å². The number of para-hydroxylation sites is 2. The molecule has 3 rings (SSSR count). The third-order valence-electron chi connectivity index (χ3n) is 4.41. The van der Waals surface area contributed by atoms with Crippen LogP contribution < -0.4 is 10.2 Å². The summed E-state index contributed by atoms with van der Waals surface area (Å²) in [7, 11) is 3.62. The zero-order chi connectivity index (χ0) is 17.1. The fourth-order valence-electron chi connectivity index (χ4n) is 3.10. The highest BCUT2D eigenvalue weighted by Crippen LogP contribution is 2.27. The van der Waals surface area contributed by atoms with E-state index in [4.69, 9.17) is 0 Å². The van der Waals surface area contributed by atoms with E-state index >= 15 is 0 Å². The second kappa shape index (κ2) is 6.92. The maximum absolute atomic E-state index is 12.8. The number of anilines is 1. The van der Waals surface area contributed by atoms with Crippen LogP contribution in [0, 0.1) is 0 Å². The summed E-state index contributed by atoms with van der Waals surface area (Å²) in [5.74, 6) is 0.336. The maximum atomic E-state index is 12.8. The molecule has 1 amide bonds. The first-order chi connectivity index (χ1) is 11.6. The number of carbonyl (C=O) groups excluding carboxylic acids is 1. The van der Waals surface area contributed by atoms with Gasteiger partial charge in [0.05, 0.1) is 11.9 Å². The molecular weight excluding hydrogens is 306 g/mol. The maximum Gasteiger partial charge on any atom is 0.244 e. The molecule has 1 atom stereocenters. The Balaban J connectivity index is 1.65. The van der Waals surface area contributed by atoms with Crippen molar-refractivity contribution < 1.29 is 9.90 Å². The van der Waals surface area contributed by atoms with Crippen molar-refractivity contribution in [2.24, 2.45) is 7.05 Å². The van der Waals surface area contributed by atoms with E-state index in [-0.39, 0.29) is 17.7 Å². The van der Waals surface area contributed by atoms with Crippen molar-refractivity contribution in [1.29, 1.82) is 0 Å². The van der Waals surface area contributed by atoms with Crippen molar-refractivity contribution in [3.63, 3.8) is 0 Å². The van der Waals surface area contributed by atoms with Crippen molar-refractivity contribution in [1.82, 2.24) is 20.0 Å². The summed E-state index contributed by atoms with van der Waals surface area (Å²) in [4.78, 5) is 16.8. The van der Waals surface area contributed by atoms with E-state index in [1.807, 2.05) is 36.3 Å². The van der Waals surface area contributed by atoms with Crippen LogP contribution in [0.3, 0.4) is 0 Å². The molecule has 1 aromatic heterocycles. The molecule has 0 aliphatic carbocycles. The number of carbonyl (C=O) groups is 1. The molecule has 2 N–H and O–H groups in total. The molecule has 1 aliphatic heterocycles. The highest BCUT2D eigenvalue weighted by Gasteiger charge is 2.28. The zero-order valence-corrected chi connectivity index (χ0v) is 14.0. The molecule has 7 heteroatoms. The van der Waals surface area contributed by atoms with Gasteiger partial charge in [0, 0.05) is 45.0 Å². The third kappa shape index (κ3) is 3.21. The number of benzene rings is 1. The number of amides is 1. The summed E-state index contributed by atoms with van der Waals surface area (Å²) in [5.41, 5.74) is 1.69. The van der Waals surface area contributed by atoms with Crippen molar-refractivity contribution in [3.05, 3.63) is 42.2 Å². The van der Waals surface area contributed by atoms with Gasteiger partial charge in [-0.3, -0.25) is 9.48 Å². The van der Waals surface area contributed by atoms with E-state index in [2.05, 4.69) is 15.3 Å². The van der Waals surface area contributed by atoms with Crippen molar-refractivity contribution >= 4 is 11.6 Å². The van der Waals surface area contributed by atoms with Crippen LogP contribution >= 0.6 is 0 Å². The van der Waals surface area contributed by atoms with Crippen LogP contribution in [0.5, 0.6) is 5.75 Å². The molecular formula is C17H23N5O2. The van der Waals surface area contributed by atoms with E-state index in [9.17, 15) is 9.90 Å². The Labute approximate surface area is 141 Å². The largest absolute Gasteiger partial charge is 0.506 e. The van der Waals surface area contributed by atoms with Gasteiger partial charge >= 0.3 is 0 Å². The number of nitrogens with zero attached hydrogens (tertiary/aromatic N) is 4. The highest BCUT2D eigenvalue weighted by molar-refractivity contribution is 5.83. The number of rotatable bonds is 4. The summed E-state index contributed by atoms with van der Waals surface area (Å²) in [5, 5.41) is 17.2. The molecule has 0 radical (unpaired) electrons. The van der Waals surface area contributed by atoms with Gasteiger partial charge in [-0.1, -0.05) is 12.1 Å². The number of aryl methyl sites for hydroxylation is 1. The fraction of sp³-hybridized carbons (Fsp3) is 0.412. The number of hydrogen-bond donors (Lipinski definition) is 2. The Morgan fingerprint density at radius 3 is 2.54 bits per heavy atom. The molecule has 128 valence electrons. The molecule has 0 bridgehead atoms. The predicted molar refractivity (Wildman–Crippen MR) is 91.9 cm³/mol. The Hall–Kier alpha value is -2.54. The minimum Gasteiger partial charge on any atom is -0.506 e. The van der Waals surface area contributed by atoms with Crippen molar-refractivity contribution in [3.8, 4) is 5.75 Å². The number of phenolic OH excluding ortho intramolecular Hbond substituents is 1. The molecule has 0 saturated carbocycles. The van der Waals surface area contributed by atoms with Gasteiger partial charge in [0.25, 0.3) is 0 Å². The molecule has 1 aromatic carbocycles. The van der Waals surface area contributed by atoms with Crippen LogP contribution in [0.2, 0.25) is 0 Å². The highest BCUT2D eigenvalue weighted by atomic mass is 16.3. The number of likely N-dealkylation sites (N-methyl/N-ethyl adjacent to an activating group) is 1. The van der Waals surface area contributed by atoms with Crippen LogP contribution in [0.1, 0.15) is 11.6 Å². The van der Waals surface area contributed by atoms with Gasteiger partial charge in [-0.05, 0) is 19.2 Å². The molecule has 1 aliphatic rings. The van der Waals surface area contributed by atoms with Crippen molar-refractivity contribution in [2.45, 2.75) is 6.04 Å². The van der Waals surface area contributed by atoms with E-state index in [1.54, 1.807) is 24.0 Å². The van der Waals surface area contributed by atoms with E-state index in [0.717, 1.165) is 11.3 Å². The Bertz CT molecular complexity index is 707. The quantitative estimate of drug-likeness (QED) is 0.865. The number of phenols is 1.